The first-order valence-corrected chi connectivity index (χ1v) is 5.43. The molecule has 0 saturated carbocycles. The van der Waals surface area contributed by atoms with Crippen molar-refractivity contribution in [1.29, 1.82) is 0 Å². The van der Waals surface area contributed by atoms with Crippen LogP contribution in [0.4, 0.5) is 11.8 Å². The SMILES string of the molecule is Nc1nnc(-c2c(=O)occ3ccccc23)c(N)n1. The number of nitrogens with two attached hydrogens (primary N) is 2. The van der Waals surface area contributed by atoms with Crippen molar-refractivity contribution in [2.75, 3.05) is 11.5 Å². The molecule has 1 aromatic carbocycles. The number of aromatic nitrogens is 3. The Bertz CT molecular complexity index is 828. The molecule has 4 N–H and O–H groups in total. The van der Waals surface area contributed by atoms with Gasteiger partial charge in [-0.15, -0.1) is 10.2 Å². The van der Waals surface area contributed by atoms with Gasteiger partial charge in [-0.1, -0.05) is 24.3 Å². The van der Waals surface area contributed by atoms with E-state index >= 15 is 0 Å². The molecule has 3 rings (SSSR count). The summed E-state index contributed by atoms with van der Waals surface area (Å²) >= 11 is 0. The molecule has 0 atom stereocenters. The zero-order chi connectivity index (χ0) is 13.4. The van der Waals surface area contributed by atoms with E-state index in [-0.39, 0.29) is 23.0 Å². The third kappa shape index (κ3) is 1.77. The van der Waals surface area contributed by atoms with Gasteiger partial charge in [-0.3, -0.25) is 0 Å². The first-order chi connectivity index (χ1) is 9.16. The molecule has 0 aliphatic heterocycles. The number of hydrogen-bond donors (Lipinski definition) is 2. The van der Waals surface area contributed by atoms with Crippen molar-refractivity contribution in [2.24, 2.45) is 0 Å². The van der Waals surface area contributed by atoms with Gasteiger partial charge in [0.1, 0.15) is 12.0 Å². The van der Waals surface area contributed by atoms with E-state index < -0.39 is 5.63 Å². The fraction of sp³-hybridized carbons (Fsp3) is 0. The number of hydrogen-bond acceptors (Lipinski definition) is 7. The molecule has 0 radical (unpaired) electrons. The van der Waals surface area contributed by atoms with Crippen molar-refractivity contribution in [2.45, 2.75) is 0 Å². The molecule has 0 amide bonds. The molecule has 94 valence electrons. The summed E-state index contributed by atoms with van der Waals surface area (Å²) in [6, 6.07) is 7.23. The minimum atomic E-state index is -0.550. The first-order valence-electron chi connectivity index (χ1n) is 5.43. The molecule has 0 saturated heterocycles. The number of anilines is 2. The standard InChI is InChI=1S/C12H9N5O2/c13-10-9(16-17-12(14)15-10)8-7-4-2-1-3-6(7)5-19-11(8)18/h1-5H,(H4,13,14,15,17). The molecule has 0 unspecified atom stereocenters. The summed E-state index contributed by atoms with van der Waals surface area (Å²) in [7, 11) is 0. The summed E-state index contributed by atoms with van der Waals surface area (Å²) < 4.78 is 4.97. The number of benzene rings is 1. The van der Waals surface area contributed by atoms with E-state index in [1.54, 1.807) is 12.1 Å². The van der Waals surface area contributed by atoms with E-state index in [0.717, 1.165) is 5.39 Å². The molecule has 2 heterocycles. The van der Waals surface area contributed by atoms with E-state index in [2.05, 4.69) is 15.2 Å². The van der Waals surface area contributed by atoms with Crippen molar-refractivity contribution in [3.05, 3.63) is 40.9 Å². The minimum absolute atomic E-state index is 0.0381. The molecule has 0 aliphatic carbocycles. The molecule has 0 bridgehead atoms. The van der Waals surface area contributed by atoms with Gasteiger partial charge in [-0.25, -0.2) is 4.79 Å². The maximum Gasteiger partial charge on any atom is 0.346 e. The highest BCUT2D eigenvalue weighted by atomic mass is 16.4. The van der Waals surface area contributed by atoms with E-state index in [0.29, 0.717) is 5.39 Å². The zero-order valence-electron chi connectivity index (χ0n) is 9.70. The molecule has 0 aliphatic rings. The van der Waals surface area contributed by atoms with E-state index in [1.165, 1.54) is 6.26 Å². The Morgan fingerprint density at radius 2 is 1.89 bits per heavy atom. The van der Waals surface area contributed by atoms with Crippen LogP contribution in [-0.2, 0) is 0 Å². The average Bonchev–Trinajstić information content (AvgIpc) is 2.40. The summed E-state index contributed by atoms with van der Waals surface area (Å²) in [5.74, 6) is -0.0120. The highest BCUT2D eigenvalue weighted by Crippen LogP contribution is 2.26. The lowest BCUT2D eigenvalue weighted by atomic mass is 10.1. The van der Waals surface area contributed by atoms with Gasteiger partial charge in [0.15, 0.2) is 5.82 Å². The predicted octanol–water partition coefficient (Wildman–Crippen LogP) is 0.809. The largest absolute Gasteiger partial charge is 0.430 e. The summed E-state index contributed by atoms with van der Waals surface area (Å²) in [6.45, 7) is 0. The molecular formula is C12H9N5O2. The Morgan fingerprint density at radius 3 is 2.68 bits per heavy atom. The van der Waals surface area contributed by atoms with Crippen molar-refractivity contribution < 1.29 is 4.42 Å². The second-order valence-corrected chi connectivity index (χ2v) is 3.89. The van der Waals surface area contributed by atoms with Crippen LogP contribution in [0.5, 0.6) is 0 Å². The molecule has 7 nitrogen and oxygen atoms in total. The molecule has 2 aromatic heterocycles. The van der Waals surface area contributed by atoms with Gasteiger partial charge >= 0.3 is 5.63 Å². The van der Waals surface area contributed by atoms with Crippen LogP contribution in [0.3, 0.4) is 0 Å². The van der Waals surface area contributed by atoms with Gasteiger partial charge in [0.2, 0.25) is 5.95 Å². The molecule has 0 fully saturated rings. The summed E-state index contributed by atoms with van der Waals surface area (Å²) in [5.41, 5.74) is 11.0. The van der Waals surface area contributed by atoms with Gasteiger partial charge in [-0.05, 0) is 0 Å². The summed E-state index contributed by atoms with van der Waals surface area (Å²) in [5, 5.41) is 8.89. The third-order valence-electron chi connectivity index (χ3n) is 2.69. The second-order valence-electron chi connectivity index (χ2n) is 3.89. The lowest BCUT2D eigenvalue weighted by Gasteiger charge is -2.05. The smallest absolute Gasteiger partial charge is 0.346 e. The van der Waals surface area contributed by atoms with Crippen LogP contribution < -0.4 is 17.1 Å². The quantitative estimate of drug-likeness (QED) is 0.659. The number of rotatable bonds is 1. The average molecular weight is 255 g/mol. The second kappa shape index (κ2) is 4.05. The maximum atomic E-state index is 11.9. The van der Waals surface area contributed by atoms with Crippen LogP contribution in [-0.4, -0.2) is 15.2 Å². The van der Waals surface area contributed by atoms with E-state index in [4.69, 9.17) is 15.9 Å². The van der Waals surface area contributed by atoms with E-state index in [1.807, 2.05) is 12.1 Å². The van der Waals surface area contributed by atoms with Crippen LogP contribution in [0.2, 0.25) is 0 Å². The van der Waals surface area contributed by atoms with Crippen molar-refractivity contribution in [3.8, 4) is 11.3 Å². The Balaban J connectivity index is 2.42. The van der Waals surface area contributed by atoms with Crippen molar-refractivity contribution in [3.63, 3.8) is 0 Å². The highest BCUT2D eigenvalue weighted by Gasteiger charge is 2.16. The lowest BCUT2D eigenvalue weighted by molar-refractivity contribution is 0.519. The summed E-state index contributed by atoms with van der Waals surface area (Å²) in [6.07, 6.45) is 1.38. The topological polar surface area (TPSA) is 121 Å². The highest BCUT2D eigenvalue weighted by molar-refractivity contribution is 5.96. The van der Waals surface area contributed by atoms with Gasteiger partial charge in [0.05, 0.1) is 5.56 Å². The number of nitrogens with zero attached hydrogens (tertiary/aromatic N) is 3. The Kier molecular flexibility index (Phi) is 2.38. The Morgan fingerprint density at radius 1 is 1.11 bits per heavy atom. The van der Waals surface area contributed by atoms with Gasteiger partial charge in [0.25, 0.3) is 0 Å². The normalized spacial score (nSPS) is 10.7. The van der Waals surface area contributed by atoms with Gasteiger partial charge < -0.3 is 15.9 Å². The maximum absolute atomic E-state index is 11.9. The summed E-state index contributed by atoms with van der Waals surface area (Å²) in [4.78, 5) is 15.7. The fourth-order valence-corrected chi connectivity index (χ4v) is 1.87. The minimum Gasteiger partial charge on any atom is -0.430 e. The third-order valence-corrected chi connectivity index (χ3v) is 2.69. The Labute approximate surface area is 106 Å². The molecule has 3 aromatic rings. The lowest BCUT2D eigenvalue weighted by Crippen LogP contribution is -2.10. The fourth-order valence-electron chi connectivity index (χ4n) is 1.87. The van der Waals surface area contributed by atoms with Crippen molar-refractivity contribution in [1.82, 2.24) is 15.2 Å². The van der Waals surface area contributed by atoms with Crippen LogP contribution in [0.1, 0.15) is 0 Å². The number of fused-ring (bicyclic) bond motifs is 1. The van der Waals surface area contributed by atoms with Crippen LogP contribution in [0.25, 0.3) is 22.0 Å². The Hall–Kier alpha value is -2.96. The van der Waals surface area contributed by atoms with Crippen LogP contribution in [0, 0.1) is 0 Å². The van der Waals surface area contributed by atoms with E-state index in [9.17, 15) is 4.79 Å². The monoisotopic (exact) mass is 255 g/mol. The number of nitrogen functional groups attached to an aromatic ring is 2. The van der Waals surface area contributed by atoms with Crippen LogP contribution >= 0.6 is 0 Å². The molecule has 7 heteroatoms. The predicted molar refractivity (Wildman–Crippen MR) is 70.1 cm³/mol. The van der Waals surface area contributed by atoms with Crippen molar-refractivity contribution >= 4 is 22.5 Å². The molecule has 0 spiro atoms. The molecular weight excluding hydrogens is 246 g/mol. The van der Waals surface area contributed by atoms with Gasteiger partial charge in [0, 0.05) is 10.8 Å². The molecule has 19 heavy (non-hydrogen) atoms. The first kappa shape index (κ1) is 11.1. The zero-order valence-corrected chi connectivity index (χ0v) is 9.70. The van der Waals surface area contributed by atoms with Crippen LogP contribution in [0.15, 0.2) is 39.7 Å². The van der Waals surface area contributed by atoms with Gasteiger partial charge in [-0.2, -0.15) is 4.98 Å².